The molecule has 3 nitrogen and oxygen atoms in total. The van der Waals surface area contributed by atoms with Crippen molar-refractivity contribution in [1.82, 2.24) is 0 Å². The fraction of sp³-hybridized carbons (Fsp3) is 0.385. The summed E-state index contributed by atoms with van der Waals surface area (Å²) in [6.45, 7) is 9.64. The Bertz CT molecular complexity index is 594. The summed E-state index contributed by atoms with van der Waals surface area (Å²) in [5.41, 5.74) is 1.37. The molecular weight excluding hydrogens is 352 g/mol. The van der Waals surface area contributed by atoms with Gasteiger partial charge in [-0.3, -0.25) is 0 Å². The third-order valence-corrected chi connectivity index (χ3v) is 4.27. The van der Waals surface area contributed by atoms with Crippen molar-refractivity contribution in [3.05, 3.63) is 34.3 Å². The summed E-state index contributed by atoms with van der Waals surface area (Å²) >= 11 is 3.22. The Kier molecular flexibility index (Phi) is 5.47. The van der Waals surface area contributed by atoms with Crippen molar-refractivity contribution in [2.45, 2.75) is 31.6 Å². The molecule has 0 unspecified atom stereocenters. The molecule has 0 saturated carbocycles. The van der Waals surface area contributed by atoms with Gasteiger partial charge in [-0.2, -0.15) is 0 Å². The lowest BCUT2D eigenvalue weighted by molar-refractivity contribution is 0.354. The van der Waals surface area contributed by atoms with Gasteiger partial charge in [0.25, 0.3) is 9.05 Å². The number of halogens is 2. The van der Waals surface area contributed by atoms with Crippen LogP contribution in [0.3, 0.4) is 0 Å². The molecule has 19 heavy (non-hydrogen) atoms. The van der Waals surface area contributed by atoms with Gasteiger partial charge in [-0.05, 0) is 36.1 Å². The number of benzene rings is 1. The highest BCUT2D eigenvalue weighted by atomic mass is 79.9. The van der Waals surface area contributed by atoms with E-state index in [0.717, 1.165) is 5.56 Å². The Morgan fingerprint density at radius 3 is 2.47 bits per heavy atom. The first kappa shape index (κ1) is 16.5. The predicted molar refractivity (Wildman–Crippen MR) is 81.9 cm³/mol. The van der Waals surface area contributed by atoms with Crippen LogP contribution in [0.2, 0.25) is 0 Å². The zero-order valence-electron chi connectivity index (χ0n) is 11.0. The van der Waals surface area contributed by atoms with Crippen molar-refractivity contribution in [1.29, 1.82) is 0 Å². The molecular formula is C13H16BrClO3S. The standard InChI is InChI=1S/C13H16BrClO3S/c1-8(2)11-6-13(19(15,16)17)9(3)5-12(11)18-7-10(4)14/h5-6,8H,4,7H2,1-3H3. The third kappa shape index (κ3) is 4.51. The van der Waals surface area contributed by atoms with Gasteiger partial charge in [-0.15, -0.1) is 0 Å². The minimum absolute atomic E-state index is 0.122. The predicted octanol–water partition coefficient (Wildman–Crippen LogP) is 4.33. The summed E-state index contributed by atoms with van der Waals surface area (Å²) in [6.07, 6.45) is 0. The molecule has 0 atom stereocenters. The SMILES string of the molecule is C=C(Br)COc1cc(C)c(S(=O)(=O)Cl)cc1C(C)C. The van der Waals surface area contributed by atoms with E-state index in [1.54, 1.807) is 19.1 Å². The Morgan fingerprint density at radius 2 is 2.05 bits per heavy atom. The lowest BCUT2D eigenvalue weighted by Gasteiger charge is -2.16. The Labute approximate surface area is 127 Å². The molecule has 0 bridgehead atoms. The van der Waals surface area contributed by atoms with Gasteiger partial charge in [0.1, 0.15) is 12.4 Å². The van der Waals surface area contributed by atoms with E-state index in [1.807, 2.05) is 13.8 Å². The molecule has 0 aliphatic heterocycles. The van der Waals surface area contributed by atoms with Gasteiger partial charge in [0.2, 0.25) is 0 Å². The molecule has 0 aromatic heterocycles. The van der Waals surface area contributed by atoms with Gasteiger partial charge < -0.3 is 4.74 Å². The van der Waals surface area contributed by atoms with Crippen LogP contribution in [-0.2, 0) is 9.05 Å². The van der Waals surface area contributed by atoms with Gasteiger partial charge in [0.05, 0.1) is 4.90 Å². The van der Waals surface area contributed by atoms with E-state index in [1.165, 1.54) is 0 Å². The summed E-state index contributed by atoms with van der Waals surface area (Å²) in [5.74, 6) is 0.772. The quantitative estimate of drug-likeness (QED) is 0.727. The van der Waals surface area contributed by atoms with E-state index < -0.39 is 9.05 Å². The van der Waals surface area contributed by atoms with Crippen molar-refractivity contribution >= 4 is 35.7 Å². The third-order valence-electron chi connectivity index (χ3n) is 2.58. The molecule has 106 valence electrons. The largest absolute Gasteiger partial charge is 0.488 e. The molecule has 0 aliphatic carbocycles. The monoisotopic (exact) mass is 366 g/mol. The summed E-state index contributed by atoms with van der Waals surface area (Å²) < 4.78 is 29.4. The van der Waals surface area contributed by atoms with Gasteiger partial charge in [0, 0.05) is 15.2 Å². The molecule has 1 aromatic rings. The summed E-state index contributed by atoms with van der Waals surface area (Å²) in [5, 5.41) is 0. The van der Waals surface area contributed by atoms with Crippen LogP contribution >= 0.6 is 26.6 Å². The second-order valence-electron chi connectivity index (χ2n) is 4.55. The normalized spacial score (nSPS) is 11.7. The minimum atomic E-state index is -3.75. The lowest BCUT2D eigenvalue weighted by atomic mass is 10.0. The minimum Gasteiger partial charge on any atom is -0.488 e. The van der Waals surface area contributed by atoms with Crippen molar-refractivity contribution in [2.24, 2.45) is 0 Å². The second-order valence-corrected chi connectivity index (χ2v) is 8.21. The molecule has 0 heterocycles. The molecule has 0 radical (unpaired) electrons. The molecule has 0 spiro atoms. The van der Waals surface area contributed by atoms with E-state index in [9.17, 15) is 8.42 Å². The lowest BCUT2D eigenvalue weighted by Crippen LogP contribution is -2.04. The zero-order valence-corrected chi connectivity index (χ0v) is 14.2. The summed E-state index contributed by atoms with van der Waals surface area (Å²) in [4.78, 5) is 0.128. The van der Waals surface area contributed by atoms with E-state index in [0.29, 0.717) is 22.4 Å². The number of aryl methyl sites for hydroxylation is 1. The second kappa shape index (κ2) is 6.29. The van der Waals surface area contributed by atoms with Crippen LogP contribution in [0.25, 0.3) is 0 Å². The molecule has 0 aliphatic rings. The Morgan fingerprint density at radius 1 is 1.47 bits per heavy atom. The molecule has 0 fully saturated rings. The maximum absolute atomic E-state index is 11.5. The van der Waals surface area contributed by atoms with Crippen molar-refractivity contribution in [3.8, 4) is 5.75 Å². The molecule has 0 N–H and O–H groups in total. The number of ether oxygens (including phenoxy) is 1. The first-order chi connectivity index (χ1) is 8.62. The fourth-order valence-corrected chi connectivity index (χ4v) is 3.00. The summed E-state index contributed by atoms with van der Waals surface area (Å²) in [7, 11) is 1.68. The van der Waals surface area contributed by atoms with Gasteiger partial charge >= 0.3 is 0 Å². The van der Waals surface area contributed by atoms with Crippen LogP contribution in [0.15, 0.2) is 28.1 Å². The zero-order chi connectivity index (χ0) is 14.8. The number of hydrogen-bond acceptors (Lipinski definition) is 3. The van der Waals surface area contributed by atoms with E-state index in [2.05, 4.69) is 22.5 Å². The van der Waals surface area contributed by atoms with E-state index >= 15 is 0 Å². The van der Waals surface area contributed by atoms with E-state index in [4.69, 9.17) is 15.4 Å². The van der Waals surface area contributed by atoms with Crippen LogP contribution < -0.4 is 4.74 Å². The van der Waals surface area contributed by atoms with Crippen molar-refractivity contribution in [2.75, 3.05) is 6.61 Å². The Balaban J connectivity index is 3.33. The molecule has 6 heteroatoms. The maximum atomic E-state index is 11.5. The average Bonchev–Trinajstić information content (AvgIpc) is 2.23. The smallest absolute Gasteiger partial charge is 0.261 e. The van der Waals surface area contributed by atoms with Crippen LogP contribution in [0.1, 0.15) is 30.9 Å². The highest BCUT2D eigenvalue weighted by Crippen LogP contribution is 2.33. The van der Waals surface area contributed by atoms with Gasteiger partial charge in [0.15, 0.2) is 0 Å². The topological polar surface area (TPSA) is 43.4 Å². The molecule has 1 rings (SSSR count). The van der Waals surface area contributed by atoms with Crippen molar-refractivity contribution < 1.29 is 13.2 Å². The van der Waals surface area contributed by atoms with Crippen molar-refractivity contribution in [3.63, 3.8) is 0 Å². The fourth-order valence-electron chi connectivity index (χ4n) is 1.67. The average molecular weight is 368 g/mol. The van der Waals surface area contributed by atoms with Gasteiger partial charge in [-0.1, -0.05) is 36.4 Å². The molecule has 0 saturated heterocycles. The molecule has 1 aromatic carbocycles. The van der Waals surface area contributed by atoms with Crippen LogP contribution in [0.5, 0.6) is 5.75 Å². The summed E-state index contributed by atoms with van der Waals surface area (Å²) in [6, 6.07) is 3.27. The number of hydrogen-bond donors (Lipinski definition) is 0. The maximum Gasteiger partial charge on any atom is 0.261 e. The van der Waals surface area contributed by atoms with Gasteiger partial charge in [-0.25, -0.2) is 8.42 Å². The highest BCUT2D eigenvalue weighted by molar-refractivity contribution is 9.11. The first-order valence-corrected chi connectivity index (χ1v) is 8.78. The first-order valence-electron chi connectivity index (χ1n) is 5.68. The number of rotatable bonds is 5. The van der Waals surface area contributed by atoms with Crippen LogP contribution in [-0.4, -0.2) is 15.0 Å². The van der Waals surface area contributed by atoms with Crippen LogP contribution in [0, 0.1) is 6.92 Å². The van der Waals surface area contributed by atoms with Crippen LogP contribution in [0.4, 0.5) is 0 Å². The molecule has 0 amide bonds. The Hall–Kier alpha value is -0.520. The highest BCUT2D eigenvalue weighted by Gasteiger charge is 2.19. The van der Waals surface area contributed by atoms with E-state index in [-0.39, 0.29) is 10.8 Å².